The smallest absolute Gasteiger partial charge is 0.274 e. The Hall–Kier alpha value is -2.62. The van der Waals surface area contributed by atoms with E-state index in [9.17, 15) is 4.79 Å². The first kappa shape index (κ1) is 20.1. The van der Waals surface area contributed by atoms with Gasteiger partial charge in [-0.2, -0.15) is 0 Å². The maximum Gasteiger partial charge on any atom is 0.274 e. The molecule has 148 valence electrons. The summed E-state index contributed by atoms with van der Waals surface area (Å²) in [6, 6.07) is 12.6. The zero-order valence-corrected chi connectivity index (χ0v) is 17.7. The Kier molecular flexibility index (Phi) is 5.87. The second kappa shape index (κ2) is 8.17. The van der Waals surface area contributed by atoms with Crippen molar-refractivity contribution in [3.8, 4) is 0 Å². The monoisotopic (exact) mass is 377 g/mol. The lowest BCUT2D eigenvalue weighted by atomic mass is 9.87. The highest BCUT2D eigenvalue weighted by Crippen LogP contribution is 2.23. The Morgan fingerprint density at radius 3 is 2.50 bits per heavy atom. The van der Waals surface area contributed by atoms with Gasteiger partial charge in [0, 0.05) is 30.4 Å². The molecule has 1 N–H and O–H groups in total. The van der Waals surface area contributed by atoms with E-state index >= 15 is 0 Å². The molecule has 1 amide bonds. The van der Waals surface area contributed by atoms with E-state index in [1.807, 2.05) is 30.2 Å². The number of benzene rings is 1. The number of carbonyl (C=O) groups excluding carboxylic acids is 1. The second-order valence-electron chi connectivity index (χ2n) is 8.58. The summed E-state index contributed by atoms with van der Waals surface area (Å²) in [6.45, 7) is 12.0. The van der Waals surface area contributed by atoms with Crippen LogP contribution in [0.4, 0.5) is 0 Å². The number of carbonyl (C=O) groups is 1. The second-order valence-corrected chi connectivity index (χ2v) is 8.58. The van der Waals surface area contributed by atoms with Crippen molar-refractivity contribution >= 4 is 16.8 Å². The predicted octanol–water partition coefficient (Wildman–Crippen LogP) is 5.61. The van der Waals surface area contributed by atoms with Gasteiger partial charge in [0.2, 0.25) is 0 Å². The van der Waals surface area contributed by atoms with Gasteiger partial charge in [0.05, 0.1) is 5.52 Å². The van der Waals surface area contributed by atoms with Gasteiger partial charge in [-0.3, -0.25) is 4.79 Å². The van der Waals surface area contributed by atoms with Crippen molar-refractivity contribution in [3.05, 3.63) is 65.1 Å². The lowest BCUT2D eigenvalue weighted by Gasteiger charge is -2.24. The van der Waals surface area contributed by atoms with Crippen LogP contribution in [-0.4, -0.2) is 27.3 Å². The molecular formula is C24H31N3O. The summed E-state index contributed by atoms with van der Waals surface area (Å²) in [6.07, 6.45) is 3.89. The SMILES string of the molecule is CCCCN(Cc1ccc(C(C)(C)C)cc1)C(=O)c1nc(C)cc2cc[nH]c12. The van der Waals surface area contributed by atoms with Gasteiger partial charge in [-0.25, -0.2) is 4.98 Å². The van der Waals surface area contributed by atoms with Crippen LogP contribution in [0.25, 0.3) is 10.9 Å². The summed E-state index contributed by atoms with van der Waals surface area (Å²) in [7, 11) is 0. The quantitative estimate of drug-likeness (QED) is 0.607. The summed E-state index contributed by atoms with van der Waals surface area (Å²) < 4.78 is 0. The Labute approximate surface area is 168 Å². The van der Waals surface area contributed by atoms with Gasteiger partial charge in [0.15, 0.2) is 5.69 Å². The molecule has 0 saturated carbocycles. The first-order valence-corrected chi connectivity index (χ1v) is 10.1. The summed E-state index contributed by atoms with van der Waals surface area (Å²) in [5.74, 6) is -0.00972. The largest absolute Gasteiger partial charge is 0.359 e. The fourth-order valence-electron chi connectivity index (χ4n) is 3.43. The number of hydrogen-bond donors (Lipinski definition) is 1. The zero-order chi connectivity index (χ0) is 20.3. The molecule has 2 heterocycles. The number of rotatable bonds is 6. The van der Waals surface area contributed by atoms with Crippen molar-refractivity contribution in [1.29, 1.82) is 0 Å². The number of pyridine rings is 1. The number of nitrogens with one attached hydrogen (secondary N) is 1. The van der Waals surface area contributed by atoms with E-state index in [2.05, 4.69) is 61.9 Å². The third-order valence-electron chi connectivity index (χ3n) is 5.13. The Morgan fingerprint density at radius 2 is 1.86 bits per heavy atom. The average Bonchev–Trinajstić information content (AvgIpc) is 3.11. The molecule has 0 saturated heterocycles. The number of nitrogens with zero attached hydrogens (tertiary/aromatic N) is 2. The summed E-state index contributed by atoms with van der Waals surface area (Å²) in [5, 5.41) is 1.03. The Bertz CT molecular complexity index is 948. The van der Waals surface area contributed by atoms with Crippen molar-refractivity contribution in [2.75, 3.05) is 6.54 Å². The van der Waals surface area contributed by atoms with E-state index in [4.69, 9.17) is 0 Å². The van der Waals surface area contributed by atoms with Gasteiger partial charge in [-0.05, 0) is 42.0 Å². The van der Waals surface area contributed by atoms with Crippen LogP contribution in [0, 0.1) is 6.92 Å². The first-order valence-electron chi connectivity index (χ1n) is 10.1. The molecule has 4 nitrogen and oxygen atoms in total. The molecule has 2 aromatic heterocycles. The lowest BCUT2D eigenvalue weighted by molar-refractivity contribution is 0.0736. The molecule has 0 fully saturated rings. The van der Waals surface area contributed by atoms with Gasteiger partial charge in [0.25, 0.3) is 5.91 Å². The van der Waals surface area contributed by atoms with E-state index in [-0.39, 0.29) is 11.3 Å². The molecule has 0 spiro atoms. The molecule has 3 rings (SSSR count). The minimum Gasteiger partial charge on any atom is -0.359 e. The molecule has 4 heteroatoms. The van der Waals surface area contributed by atoms with Crippen molar-refractivity contribution < 1.29 is 4.79 Å². The standard InChI is InChI=1S/C24H31N3O/c1-6-7-14-27(16-18-8-10-20(11-9-18)24(3,4)5)23(28)22-21-19(12-13-25-21)15-17(2)26-22/h8-13,15,25H,6-7,14,16H2,1-5H3. The number of aromatic nitrogens is 2. The van der Waals surface area contributed by atoms with Crippen LogP contribution in [0.1, 0.15) is 67.8 Å². The zero-order valence-electron chi connectivity index (χ0n) is 17.7. The third-order valence-corrected chi connectivity index (χ3v) is 5.13. The van der Waals surface area contributed by atoms with Crippen LogP contribution < -0.4 is 0 Å². The normalized spacial score (nSPS) is 11.8. The number of aryl methyl sites for hydroxylation is 1. The molecular weight excluding hydrogens is 346 g/mol. The van der Waals surface area contributed by atoms with E-state index in [0.29, 0.717) is 12.2 Å². The van der Waals surface area contributed by atoms with Crippen LogP contribution in [0.5, 0.6) is 0 Å². The molecule has 3 aromatic rings. The molecule has 0 aliphatic rings. The van der Waals surface area contributed by atoms with Crippen LogP contribution in [0.15, 0.2) is 42.6 Å². The predicted molar refractivity (Wildman–Crippen MR) is 116 cm³/mol. The van der Waals surface area contributed by atoms with Gasteiger partial charge < -0.3 is 9.88 Å². The van der Waals surface area contributed by atoms with E-state index in [1.54, 1.807) is 0 Å². The van der Waals surface area contributed by atoms with E-state index in [1.165, 1.54) is 5.56 Å². The topological polar surface area (TPSA) is 49.0 Å². The summed E-state index contributed by atoms with van der Waals surface area (Å²) in [4.78, 5) is 23.1. The number of fused-ring (bicyclic) bond motifs is 1. The summed E-state index contributed by atoms with van der Waals surface area (Å²) >= 11 is 0. The third kappa shape index (κ3) is 4.44. The Morgan fingerprint density at radius 1 is 1.14 bits per heavy atom. The molecule has 1 aromatic carbocycles. The van der Waals surface area contributed by atoms with Gasteiger partial charge in [0.1, 0.15) is 0 Å². The van der Waals surface area contributed by atoms with Gasteiger partial charge in [-0.1, -0.05) is 58.4 Å². The van der Waals surface area contributed by atoms with Gasteiger partial charge >= 0.3 is 0 Å². The van der Waals surface area contributed by atoms with Crippen molar-refractivity contribution in [2.45, 2.75) is 59.4 Å². The van der Waals surface area contributed by atoms with Gasteiger partial charge in [-0.15, -0.1) is 0 Å². The van der Waals surface area contributed by atoms with E-state index < -0.39 is 0 Å². The van der Waals surface area contributed by atoms with Crippen LogP contribution in [0.3, 0.4) is 0 Å². The molecule has 0 bridgehead atoms. The number of hydrogen-bond acceptors (Lipinski definition) is 2. The molecule has 28 heavy (non-hydrogen) atoms. The van der Waals surface area contributed by atoms with E-state index in [0.717, 1.165) is 41.5 Å². The molecule has 0 atom stereocenters. The molecule has 0 aliphatic carbocycles. The minimum atomic E-state index is -0.00972. The Balaban J connectivity index is 1.89. The lowest BCUT2D eigenvalue weighted by Crippen LogP contribution is -2.32. The first-order chi connectivity index (χ1) is 13.3. The number of unbranched alkanes of at least 4 members (excludes halogenated alkanes) is 1. The van der Waals surface area contributed by atoms with Crippen LogP contribution in [-0.2, 0) is 12.0 Å². The van der Waals surface area contributed by atoms with Crippen molar-refractivity contribution in [3.63, 3.8) is 0 Å². The fraction of sp³-hybridized carbons (Fsp3) is 0.417. The molecule has 0 radical (unpaired) electrons. The van der Waals surface area contributed by atoms with Crippen LogP contribution in [0.2, 0.25) is 0 Å². The minimum absolute atomic E-state index is 0.00972. The molecule has 0 aliphatic heterocycles. The highest BCUT2D eigenvalue weighted by Gasteiger charge is 2.21. The number of H-pyrrole nitrogens is 1. The maximum atomic E-state index is 13.4. The van der Waals surface area contributed by atoms with Crippen molar-refractivity contribution in [1.82, 2.24) is 14.9 Å². The highest BCUT2D eigenvalue weighted by molar-refractivity contribution is 6.03. The van der Waals surface area contributed by atoms with Crippen LogP contribution >= 0.6 is 0 Å². The fourth-order valence-corrected chi connectivity index (χ4v) is 3.43. The highest BCUT2D eigenvalue weighted by atomic mass is 16.2. The maximum absolute atomic E-state index is 13.4. The number of aromatic amines is 1. The average molecular weight is 378 g/mol. The number of amides is 1. The molecule has 0 unspecified atom stereocenters. The summed E-state index contributed by atoms with van der Waals surface area (Å²) in [5.41, 5.74) is 4.77. The van der Waals surface area contributed by atoms with Crippen molar-refractivity contribution in [2.24, 2.45) is 0 Å².